The highest BCUT2D eigenvalue weighted by Gasteiger charge is 2.25. The first kappa shape index (κ1) is 16.3. The van der Waals surface area contributed by atoms with Gasteiger partial charge in [0, 0.05) is 13.1 Å². The zero-order chi connectivity index (χ0) is 14.6. The molecule has 4 nitrogen and oxygen atoms in total. The summed E-state index contributed by atoms with van der Waals surface area (Å²) in [6, 6.07) is 1.56. The normalized spacial score (nSPS) is 11.7. The van der Waals surface area contributed by atoms with Crippen LogP contribution in [0.1, 0.15) is 37.7 Å². The third kappa shape index (κ3) is 4.41. The second-order valence-corrected chi connectivity index (χ2v) is 6.23. The third-order valence-electron chi connectivity index (χ3n) is 2.91. The number of aromatic amines is 1. The number of halogens is 2. The summed E-state index contributed by atoms with van der Waals surface area (Å²) in [6.45, 7) is 7.91. The minimum atomic E-state index is -0.120. The first-order chi connectivity index (χ1) is 8.80. The van der Waals surface area contributed by atoms with Crippen molar-refractivity contribution in [2.24, 2.45) is 11.1 Å². The molecule has 19 heavy (non-hydrogen) atoms. The minimum absolute atomic E-state index is 0.0998. The lowest BCUT2D eigenvalue weighted by Crippen LogP contribution is -2.42. The van der Waals surface area contributed by atoms with Crippen molar-refractivity contribution in [3.8, 4) is 0 Å². The Bertz CT molecular complexity index is 424. The van der Waals surface area contributed by atoms with Gasteiger partial charge in [-0.3, -0.25) is 4.79 Å². The Kier molecular flexibility index (Phi) is 5.71. The van der Waals surface area contributed by atoms with Crippen LogP contribution in [0, 0.1) is 5.41 Å². The lowest BCUT2D eigenvalue weighted by Gasteiger charge is -2.31. The van der Waals surface area contributed by atoms with Crippen molar-refractivity contribution in [2.45, 2.75) is 27.2 Å². The number of nitrogens with zero attached hydrogens (tertiary/aromatic N) is 1. The fourth-order valence-corrected chi connectivity index (χ4v) is 2.11. The van der Waals surface area contributed by atoms with E-state index >= 15 is 0 Å². The second kappa shape index (κ2) is 6.64. The van der Waals surface area contributed by atoms with E-state index in [0.29, 0.717) is 35.5 Å². The maximum atomic E-state index is 12.4. The van der Waals surface area contributed by atoms with Crippen LogP contribution in [0.15, 0.2) is 6.07 Å². The smallest absolute Gasteiger partial charge is 0.270 e. The summed E-state index contributed by atoms with van der Waals surface area (Å²) in [6.07, 6.45) is 0.883. The fourth-order valence-electron chi connectivity index (χ4n) is 1.79. The molecule has 0 unspecified atom stereocenters. The molecular weight excluding hydrogens is 285 g/mol. The van der Waals surface area contributed by atoms with Crippen LogP contribution in [0.3, 0.4) is 0 Å². The topological polar surface area (TPSA) is 62.1 Å². The van der Waals surface area contributed by atoms with Gasteiger partial charge in [-0.1, -0.05) is 44.0 Å². The van der Waals surface area contributed by atoms with Crippen molar-refractivity contribution in [1.29, 1.82) is 0 Å². The van der Waals surface area contributed by atoms with Crippen molar-refractivity contribution < 1.29 is 4.79 Å². The second-order valence-electron chi connectivity index (χ2n) is 5.44. The molecule has 0 aliphatic heterocycles. The molecule has 0 spiro atoms. The average molecular weight is 306 g/mol. The Balaban J connectivity index is 2.89. The highest BCUT2D eigenvalue weighted by atomic mass is 35.5. The molecule has 1 rings (SSSR count). The summed E-state index contributed by atoms with van der Waals surface area (Å²) < 4.78 is 0. The van der Waals surface area contributed by atoms with Crippen LogP contribution in [0.4, 0.5) is 0 Å². The Morgan fingerprint density at radius 3 is 2.53 bits per heavy atom. The first-order valence-corrected chi connectivity index (χ1v) is 7.09. The summed E-state index contributed by atoms with van der Waals surface area (Å²) in [7, 11) is 0. The van der Waals surface area contributed by atoms with E-state index in [1.165, 1.54) is 0 Å². The summed E-state index contributed by atoms with van der Waals surface area (Å²) in [5.41, 5.74) is 6.02. The number of hydrogen-bond acceptors (Lipinski definition) is 2. The van der Waals surface area contributed by atoms with Crippen LogP contribution in [-0.2, 0) is 0 Å². The maximum Gasteiger partial charge on any atom is 0.270 e. The van der Waals surface area contributed by atoms with Gasteiger partial charge in [0.25, 0.3) is 5.91 Å². The number of aromatic nitrogens is 1. The summed E-state index contributed by atoms with van der Waals surface area (Å²) >= 11 is 11.7. The third-order valence-corrected chi connectivity index (χ3v) is 3.60. The Labute approximate surface area is 124 Å². The molecule has 0 aromatic carbocycles. The molecule has 108 valence electrons. The maximum absolute atomic E-state index is 12.4. The molecule has 1 heterocycles. The van der Waals surface area contributed by atoms with Crippen molar-refractivity contribution in [1.82, 2.24) is 9.88 Å². The molecule has 6 heteroatoms. The van der Waals surface area contributed by atoms with Gasteiger partial charge in [0.2, 0.25) is 0 Å². The van der Waals surface area contributed by atoms with Gasteiger partial charge in [-0.15, -0.1) is 0 Å². The lowest BCUT2D eigenvalue weighted by atomic mass is 9.93. The molecule has 0 bridgehead atoms. The van der Waals surface area contributed by atoms with Gasteiger partial charge in [-0.05, 0) is 24.4 Å². The number of H-pyrrole nitrogens is 1. The van der Waals surface area contributed by atoms with E-state index in [1.807, 2.05) is 20.8 Å². The molecule has 1 amide bonds. The largest absolute Gasteiger partial charge is 0.340 e. The zero-order valence-electron chi connectivity index (χ0n) is 11.6. The van der Waals surface area contributed by atoms with Gasteiger partial charge in [0.05, 0.1) is 5.02 Å². The van der Waals surface area contributed by atoms with Gasteiger partial charge >= 0.3 is 0 Å². The molecule has 3 N–H and O–H groups in total. The molecule has 0 atom stereocenters. The van der Waals surface area contributed by atoms with E-state index in [1.54, 1.807) is 11.0 Å². The molecule has 0 saturated carbocycles. The van der Waals surface area contributed by atoms with E-state index < -0.39 is 0 Å². The molecule has 0 aliphatic carbocycles. The van der Waals surface area contributed by atoms with Gasteiger partial charge in [-0.2, -0.15) is 0 Å². The standard InChI is InChI=1S/C13H21Cl2N3O/c1-4-5-18(8-13(2,3)7-16)12(19)10-6-9(14)11(15)17-10/h6,17H,4-5,7-8,16H2,1-3H3. The predicted octanol–water partition coefficient (Wildman–Crippen LogP) is 3.16. The molecule has 0 aliphatic rings. The Morgan fingerprint density at radius 1 is 1.47 bits per heavy atom. The summed E-state index contributed by atoms with van der Waals surface area (Å²) in [5, 5.41) is 0.652. The number of carbonyl (C=O) groups is 1. The number of nitrogens with two attached hydrogens (primary N) is 1. The predicted molar refractivity (Wildman–Crippen MR) is 79.8 cm³/mol. The zero-order valence-corrected chi connectivity index (χ0v) is 13.1. The average Bonchev–Trinajstić information content (AvgIpc) is 2.68. The number of rotatable bonds is 6. The van der Waals surface area contributed by atoms with E-state index in [2.05, 4.69) is 4.98 Å². The van der Waals surface area contributed by atoms with Gasteiger partial charge < -0.3 is 15.6 Å². The molecule has 0 saturated heterocycles. The summed E-state index contributed by atoms with van der Waals surface area (Å²) in [5.74, 6) is -0.0998. The van der Waals surface area contributed by atoms with Gasteiger partial charge in [0.15, 0.2) is 0 Å². The lowest BCUT2D eigenvalue weighted by molar-refractivity contribution is 0.0684. The van der Waals surface area contributed by atoms with Crippen LogP contribution in [0.25, 0.3) is 0 Å². The van der Waals surface area contributed by atoms with E-state index in [4.69, 9.17) is 28.9 Å². The first-order valence-electron chi connectivity index (χ1n) is 6.34. The van der Waals surface area contributed by atoms with Crippen molar-refractivity contribution in [3.63, 3.8) is 0 Å². The van der Waals surface area contributed by atoms with Crippen LogP contribution in [0.5, 0.6) is 0 Å². The van der Waals surface area contributed by atoms with E-state index in [9.17, 15) is 4.79 Å². The van der Waals surface area contributed by atoms with Crippen LogP contribution in [0.2, 0.25) is 10.2 Å². The SMILES string of the molecule is CCCN(CC(C)(C)CN)C(=O)c1cc(Cl)c(Cl)[nH]1. The molecule has 1 aromatic rings. The Hall–Kier alpha value is -0.710. The monoisotopic (exact) mass is 305 g/mol. The van der Waals surface area contributed by atoms with Crippen molar-refractivity contribution in [3.05, 3.63) is 21.9 Å². The highest BCUT2D eigenvalue weighted by molar-refractivity contribution is 6.41. The minimum Gasteiger partial charge on any atom is -0.340 e. The molecular formula is C13H21Cl2N3O. The number of hydrogen-bond donors (Lipinski definition) is 2. The van der Waals surface area contributed by atoms with Gasteiger partial charge in [0.1, 0.15) is 10.8 Å². The van der Waals surface area contributed by atoms with Crippen LogP contribution in [-0.4, -0.2) is 35.4 Å². The number of nitrogens with one attached hydrogen (secondary N) is 1. The van der Waals surface area contributed by atoms with Gasteiger partial charge in [-0.25, -0.2) is 0 Å². The van der Waals surface area contributed by atoms with Crippen molar-refractivity contribution in [2.75, 3.05) is 19.6 Å². The molecule has 1 aromatic heterocycles. The summed E-state index contributed by atoms with van der Waals surface area (Å²) in [4.78, 5) is 17.0. The van der Waals surface area contributed by atoms with Crippen LogP contribution < -0.4 is 5.73 Å². The number of carbonyl (C=O) groups excluding carboxylic acids is 1. The number of amides is 1. The highest BCUT2D eigenvalue weighted by Crippen LogP contribution is 2.24. The molecule has 0 fully saturated rings. The fraction of sp³-hybridized carbons (Fsp3) is 0.615. The van der Waals surface area contributed by atoms with Crippen molar-refractivity contribution >= 4 is 29.1 Å². The molecule has 0 radical (unpaired) electrons. The van der Waals surface area contributed by atoms with Crippen LogP contribution >= 0.6 is 23.2 Å². The van der Waals surface area contributed by atoms with E-state index in [-0.39, 0.29) is 11.3 Å². The van der Waals surface area contributed by atoms with E-state index in [0.717, 1.165) is 6.42 Å². The Morgan fingerprint density at radius 2 is 2.11 bits per heavy atom. The quantitative estimate of drug-likeness (QED) is 0.848.